The van der Waals surface area contributed by atoms with Gasteiger partial charge in [0.05, 0.1) is 6.04 Å². The molecule has 1 atom stereocenters. The number of aryl methyl sites for hydroxylation is 1. The molecule has 0 amide bonds. The molecule has 0 aliphatic heterocycles. The van der Waals surface area contributed by atoms with Crippen LogP contribution in [-0.4, -0.2) is 30.1 Å². The number of benzene rings is 2. The number of nitrogens with zero attached hydrogens (tertiary/aromatic N) is 5. The van der Waals surface area contributed by atoms with Gasteiger partial charge in [0, 0.05) is 29.0 Å². The van der Waals surface area contributed by atoms with Crippen LogP contribution in [0.5, 0.6) is 0 Å². The molecule has 2 aromatic carbocycles. The number of rotatable bonds is 9. The van der Waals surface area contributed by atoms with Crippen molar-refractivity contribution in [3.05, 3.63) is 110 Å². The molecule has 1 fully saturated rings. The summed E-state index contributed by atoms with van der Waals surface area (Å²) in [6, 6.07) is 22.8. The van der Waals surface area contributed by atoms with Gasteiger partial charge in [-0.3, -0.25) is 9.69 Å². The molecule has 7 nitrogen and oxygen atoms in total. The van der Waals surface area contributed by atoms with E-state index < -0.39 is 6.04 Å². The summed E-state index contributed by atoms with van der Waals surface area (Å²) >= 11 is 1.73. The molecule has 3 aromatic heterocycles. The maximum Gasteiger partial charge on any atom is 0.253 e. The largest absolute Gasteiger partial charge is 0.322 e. The molecule has 38 heavy (non-hydrogen) atoms. The maximum absolute atomic E-state index is 13.8. The second kappa shape index (κ2) is 11.0. The Hall–Kier alpha value is -3.62. The second-order valence-corrected chi connectivity index (χ2v) is 11.2. The Bertz CT molecular complexity index is 1550. The second-order valence-electron chi connectivity index (χ2n) is 10.1. The molecule has 0 bridgehead atoms. The Balaban J connectivity index is 1.53. The summed E-state index contributed by atoms with van der Waals surface area (Å²) in [5, 5.41) is 16.3. The first kappa shape index (κ1) is 24.7. The van der Waals surface area contributed by atoms with Gasteiger partial charge in [0.2, 0.25) is 0 Å². The third kappa shape index (κ3) is 5.06. The first-order chi connectivity index (χ1) is 18.7. The minimum atomic E-state index is -0.411. The van der Waals surface area contributed by atoms with Crippen LogP contribution >= 0.6 is 11.3 Å². The predicted octanol–water partition coefficient (Wildman–Crippen LogP) is 6.05. The maximum atomic E-state index is 13.8. The van der Waals surface area contributed by atoms with E-state index in [9.17, 15) is 4.79 Å². The van der Waals surface area contributed by atoms with Crippen LogP contribution in [0, 0.1) is 0 Å². The monoisotopic (exact) mass is 524 g/mol. The highest BCUT2D eigenvalue weighted by Gasteiger charge is 2.33. The fraction of sp³-hybridized carbons (Fsp3) is 0.333. The van der Waals surface area contributed by atoms with Crippen LogP contribution in [-0.2, 0) is 19.5 Å². The third-order valence-electron chi connectivity index (χ3n) is 7.61. The number of pyridine rings is 1. The Labute approximate surface area is 226 Å². The van der Waals surface area contributed by atoms with Gasteiger partial charge in [-0.15, -0.1) is 16.4 Å². The van der Waals surface area contributed by atoms with E-state index in [0.717, 1.165) is 36.0 Å². The predicted molar refractivity (Wildman–Crippen MR) is 151 cm³/mol. The van der Waals surface area contributed by atoms with Gasteiger partial charge in [-0.1, -0.05) is 62.2 Å². The van der Waals surface area contributed by atoms with Crippen LogP contribution in [0.25, 0.3) is 10.9 Å². The van der Waals surface area contributed by atoms with Crippen molar-refractivity contribution in [1.82, 2.24) is 30.1 Å². The van der Waals surface area contributed by atoms with Crippen molar-refractivity contribution in [1.29, 1.82) is 0 Å². The van der Waals surface area contributed by atoms with Crippen LogP contribution < -0.4 is 5.56 Å². The van der Waals surface area contributed by atoms with Gasteiger partial charge in [-0.25, -0.2) is 4.68 Å². The molecule has 5 aromatic rings. The molecule has 8 heteroatoms. The lowest BCUT2D eigenvalue weighted by molar-refractivity contribution is 0.192. The number of thiophene rings is 1. The number of aromatic nitrogens is 5. The van der Waals surface area contributed by atoms with E-state index in [-0.39, 0.29) is 11.6 Å². The Kier molecular flexibility index (Phi) is 7.16. The summed E-state index contributed by atoms with van der Waals surface area (Å²) in [5.74, 6) is 0.737. The molecule has 1 saturated carbocycles. The normalized spacial score (nSPS) is 15.0. The molecular formula is C30H32N6OS. The molecule has 3 heterocycles. The van der Waals surface area contributed by atoms with E-state index in [2.05, 4.69) is 92.3 Å². The number of hydrogen-bond donors (Lipinski definition) is 1. The SMILES string of the molecule is CCc1ccc2[nH]c(=O)c([C@@H](c3nnnn3C3CCCC3)N(Cc3ccccc3)Cc3cccs3)cc2c1. The Morgan fingerprint density at radius 2 is 1.87 bits per heavy atom. The number of aromatic amines is 1. The Morgan fingerprint density at radius 3 is 2.63 bits per heavy atom. The molecule has 6 rings (SSSR count). The van der Waals surface area contributed by atoms with Crippen molar-refractivity contribution in [2.45, 2.75) is 64.2 Å². The molecular weight excluding hydrogens is 492 g/mol. The van der Waals surface area contributed by atoms with Crippen molar-refractivity contribution < 1.29 is 0 Å². The highest BCUT2D eigenvalue weighted by atomic mass is 32.1. The molecule has 0 spiro atoms. The first-order valence-corrected chi connectivity index (χ1v) is 14.3. The zero-order chi connectivity index (χ0) is 25.9. The quantitative estimate of drug-likeness (QED) is 0.254. The summed E-state index contributed by atoms with van der Waals surface area (Å²) < 4.78 is 2.00. The summed E-state index contributed by atoms with van der Waals surface area (Å²) in [6.07, 6.45) is 5.40. The van der Waals surface area contributed by atoms with Crippen molar-refractivity contribution in [2.75, 3.05) is 0 Å². The third-order valence-corrected chi connectivity index (χ3v) is 8.47. The lowest BCUT2D eigenvalue weighted by atomic mass is 10.0. The molecule has 0 saturated heterocycles. The molecule has 1 aliphatic carbocycles. The highest BCUT2D eigenvalue weighted by molar-refractivity contribution is 7.09. The average Bonchev–Trinajstić information content (AvgIpc) is 3.73. The van der Waals surface area contributed by atoms with E-state index >= 15 is 0 Å². The van der Waals surface area contributed by atoms with Gasteiger partial charge < -0.3 is 4.98 Å². The standard InChI is InChI=1S/C30H32N6OS/c1-2-21-14-15-27-23(17-21)18-26(30(37)31-27)28(29-32-33-34-36(29)24-11-6-7-12-24)35(20-25-13-8-16-38-25)19-22-9-4-3-5-10-22/h3-5,8-10,13-18,24,28H,2,6-7,11-12,19-20H2,1H3,(H,31,37)/t28-/m0/s1. The van der Waals surface area contributed by atoms with Gasteiger partial charge in [0.25, 0.3) is 5.56 Å². The topological polar surface area (TPSA) is 79.7 Å². The molecule has 1 aliphatic rings. The smallest absolute Gasteiger partial charge is 0.253 e. The number of H-pyrrole nitrogens is 1. The van der Waals surface area contributed by atoms with Gasteiger partial charge >= 0.3 is 0 Å². The zero-order valence-electron chi connectivity index (χ0n) is 21.6. The summed E-state index contributed by atoms with van der Waals surface area (Å²) in [5.41, 5.74) is 3.84. The summed E-state index contributed by atoms with van der Waals surface area (Å²) in [7, 11) is 0. The van der Waals surface area contributed by atoms with Crippen LogP contribution in [0.1, 0.15) is 72.1 Å². The zero-order valence-corrected chi connectivity index (χ0v) is 22.4. The van der Waals surface area contributed by atoms with Crippen molar-refractivity contribution in [2.24, 2.45) is 0 Å². The van der Waals surface area contributed by atoms with Crippen molar-refractivity contribution in [3.63, 3.8) is 0 Å². The van der Waals surface area contributed by atoms with Crippen LogP contribution in [0.2, 0.25) is 0 Å². The number of hydrogen-bond acceptors (Lipinski definition) is 6. The summed E-state index contributed by atoms with van der Waals surface area (Å²) in [4.78, 5) is 20.5. The van der Waals surface area contributed by atoms with Crippen LogP contribution in [0.3, 0.4) is 0 Å². The van der Waals surface area contributed by atoms with Crippen LogP contribution in [0.4, 0.5) is 0 Å². The van der Waals surface area contributed by atoms with Gasteiger partial charge in [0.1, 0.15) is 6.04 Å². The van der Waals surface area contributed by atoms with Crippen molar-refractivity contribution in [3.8, 4) is 0 Å². The van der Waals surface area contributed by atoms with E-state index in [0.29, 0.717) is 18.7 Å². The number of nitrogens with one attached hydrogen (secondary N) is 1. The minimum Gasteiger partial charge on any atom is -0.322 e. The highest BCUT2D eigenvalue weighted by Crippen LogP contribution is 2.35. The lowest BCUT2D eigenvalue weighted by Gasteiger charge is -2.31. The number of tetrazole rings is 1. The summed E-state index contributed by atoms with van der Waals surface area (Å²) in [6.45, 7) is 3.49. The lowest BCUT2D eigenvalue weighted by Crippen LogP contribution is -2.35. The number of fused-ring (bicyclic) bond motifs is 1. The van der Waals surface area contributed by atoms with Gasteiger partial charge in [0.15, 0.2) is 5.82 Å². The first-order valence-electron chi connectivity index (χ1n) is 13.4. The molecule has 0 radical (unpaired) electrons. The fourth-order valence-electron chi connectivity index (χ4n) is 5.64. The van der Waals surface area contributed by atoms with E-state index in [1.165, 1.54) is 28.8 Å². The van der Waals surface area contributed by atoms with E-state index in [1.807, 2.05) is 16.8 Å². The van der Waals surface area contributed by atoms with E-state index in [4.69, 9.17) is 0 Å². The van der Waals surface area contributed by atoms with E-state index in [1.54, 1.807) is 11.3 Å². The molecule has 1 N–H and O–H groups in total. The molecule has 0 unspecified atom stereocenters. The van der Waals surface area contributed by atoms with Crippen LogP contribution in [0.15, 0.2) is 76.9 Å². The molecule has 194 valence electrons. The van der Waals surface area contributed by atoms with Gasteiger partial charge in [-0.2, -0.15) is 0 Å². The van der Waals surface area contributed by atoms with Gasteiger partial charge in [-0.05, 0) is 75.8 Å². The fourth-order valence-corrected chi connectivity index (χ4v) is 6.37. The minimum absolute atomic E-state index is 0.100. The Morgan fingerprint density at radius 1 is 1.03 bits per heavy atom. The van der Waals surface area contributed by atoms with Crippen molar-refractivity contribution >= 4 is 22.2 Å². The average molecular weight is 525 g/mol.